The third kappa shape index (κ3) is 6.90. The lowest BCUT2D eigenvalue weighted by Gasteiger charge is -2.19. The van der Waals surface area contributed by atoms with Crippen LogP contribution in [0.3, 0.4) is 0 Å². The van der Waals surface area contributed by atoms with Gasteiger partial charge in [-0.25, -0.2) is 18.7 Å². The summed E-state index contributed by atoms with van der Waals surface area (Å²) in [5, 5.41) is 20.7. The van der Waals surface area contributed by atoms with E-state index in [0.29, 0.717) is 0 Å². The molecule has 2 unspecified atom stereocenters. The van der Waals surface area contributed by atoms with Gasteiger partial charge in [-0.15, -0.1) is 0 Å². The fourth-order valence-electron chi connectivity index (χ4n) is 2.90. The third-order valence-corrected chi connectivity index (χ3v) is 7.98. The molecule has 0 aliphatic carbocycles. The van der Waals surface area contributed by atoms with Gasteiger partial charge in [0.25, 0.3) is 0 Å². The minimum atomic E-state index is -5.73. The number of aromatic nitrogens is 4. The predicted octanol–water partition coefficient (Wildman–Crippen LogP) is -1.06. The van der Waals surface area contributed by atoms with Gasteiger partial charge in [-0.2, -0.15) is 18.6 Å². The number of aliphatic hydroxyl groups excluding tert-OH is 2. The van der Waals surface area contributed by atoms with E-state index in [2.05, 4.69) is 34.7 Å². The Hall–Kier alpha value is -1.82. The summed E-state index contributed by atoms with van der Waals surface area (Å²) in [5.41, 5.74) is 5.85. The van der Waals surface area contributed by atoms with E-state index in [0.717, 1.165) is 0 Å². The Morgan fingerprint density at radius 3 is 2.43 bits per heavy atom. The maximum Gasteiger partial charge on any atom is 0.490 e. The summed E-state index contributed by atoms with van der Waals surface area (Å²) in [6.45, 7) is 2.59. The second kappa shape index (κ2) is 10.3. The average molecular weight is 563 g/mol. The van der Waals surface area contributed by atoms with Gasteiger partial charge in [0, 0.05) is 0 Å². The molecule has 0 amide bonds. The summed E-state index contributed by atoms with van der Waals surface area (Å²) in [5.74, 6) is -0.209. The van der Waals surface area contributed by atoms with Gasteiger partial charge in [0.05, 0.1) is 12.9 Å². The summed E-state index contributed by atoms with van der Waals surface area (Å²) < 4.78 is 57.6. The first-order chi connectivity index (χ1) is 16.1. The monoisotopic (exact) mass is 563 g/mol. The summed E-state index contributed by atoms with van der Waals surface area (Å²) in [7, 11) is -16.8. The molecule has 3 heterocycles. The van der Waals surface area contributed by atoms with Crippen LogP contribution in [-0.4, -0.2) is 80.8 Å². The molecule has 0 saturated carbocycles. The molecule has 6 atom stereocenters. The number of nitrogens with two attached hydrogens (primary N) is 1. The number of fused-ring (bicyclic) bond motifs is 1. The number of rotatable bonds is 11. The van der Waals surface area contributed by atoms with Gasteiger partial charge in [0.15, 0.2) is 17.4 Å². The number of phosphoric ester groups is 1. The van der Waals surface area contributed by atoms with E-state index in [-0.39, 0.29) is 29.6 Å². The second-order valence-electron chi connectivity index (χ2n) is 6.74. The highest BCUT2D eigenvalue weighted by molar-refractivity contribution is 7.66. The normalized spacial score (nSPS) is 26.3. The summed E-state index contributed by atoms with van der Waals surface area (Å²) >= 11 is 0. The lowest BCUT2D eigenvalue weighted by Crippen LogP contribution is -2.33. The first-order valence-electron chi connectivity index (χ1n) is 9.16. The number of nitrogen functional groups attached to an aromatic ring is 1. The first kappa shape index (κ1) is 27.8. The van der Waals surface area contributed by atoms with Gasteiger partial charge in [0.1, 0.15) is 24.9 Å². The molecule has 196 valence electrons. The van der Waals surface area contributed by atoms with E-state index in [1.807, 2.05) is 0 Å². The number of anilines is 1. The Bertz CT molecular complexity index is 1230. The zero-order chi connectivity index (χ0) is 26.2. The Labute approximate surface area is 195 Å². The van der Waals surface area contributed by atoms with Gasteiger partial charge < -0.3 is 45.0 Å². The molecular formula is C13H20N5O14P3. The van der Waals surface area contributed by atoms with Gasteiger partial charge in [-0.1, -0.05) is 12.7 Å². The van der Waals surface area contributed by atoms with Crippen molar-refractivity contribution in [3.05, 3.63) is 19.0 Å². The Morgan fingerprint density at radius 2 is 1.80 bits per heavy atom. The number of hydrogen-bond acceptors (Lipinski definition) is 14. The molecule has 1 saturated heterocycles. The molecule has 3 rings (SSSR count). The Morgan fingerprint density at radius 1 is 1.11 bits per heavy atom. The summed E-state index contributed by atoms with van der Waals surface area (Å²) in [6.07, 6.45) is -3.64. The molecule has 2 aromatic heterocycles. The number of imidazole rings is 1. The van der Waals surface area contributed by atoms with Crippen LogP contribution < -0.4 is 10.5 Å². The fraction of sp³-hybridized carbons (Fsp3) is 0.462. The van der Waals surface area contributed by atoms with Crippen LogP contribution in [0.4, 0.5) is 5.95 Å². The SMILES string of the molecule is C=CCOc1nc(N)nc2c1ncn2[C@@H]1O[C@H](COP(=O)(O)OP(=O)(O)OP(=O)(O)O)[C@@H](O)[C@H]1O. The van der Waals surface area contributed by atoms with E-state index in [9.17, 15) is 33.7 Å². The van der Waals surface area contributed by atoms with E-state index < -0.39 is 54.6 Å². The van der Waals surface area contributed by atoms with Gasteiger partial charge >= 0.3 is 23.5 Å². The molecule has 0 bridgehead atoms. The van der Waals surface area contributed by atoms with Gasteiger partial charge in [0.2, 0.25) is 11.8 Å². The molecule has 19 nitrogen and oxygen atoms in total. The predicted molar refractivity (Wildman–Crippen MR) is 111 cm³/mol. The average Bonchev–Trinajstić information content (AvgIpc) is 3.23. The number of nitrogens with zero attached hydrogens (tertiary/aromatic N) is 4. The summed E-state index contributed by atoms with van der Waals surface area (Å²) in [4.78, 5) is 47.8. The third-order valence-electron chi connectivity index (χ3n) is 4.17. The van der Waals surface area contributed by atoms with Gasteiger partial charge in [-0.05, 0) is 0 Å². The van der Waals surface area contributed by atoms with Crippen molar-refractivity contribution in [2.45, 2.75) is 24.5 Å². The molecule has 0 spiro atoms. The van der Waals surface area contributed by atoms with E-state index in [4.69, 9.17) is 25.0 Å². The van der Waals surface area contributed by atoms with Gasteiger partial charge in [-0.3, -0.25) is 9.09 Å². The lowest BCUT2D eigenvalue weighted by atomic mass is 10.1. The highest BCUT2D eigenvalue weighted by Gasteiger charge is 2.47. The molecule has 2 aromatic rings. The van der Waals surface area contributed by atoms with Crippen LogP contribution in [0.25, 0.3) is 11.2 Å². The molecule has 22 heteroatoms. The second-order valence-corrected chi connectivity index (χ2v) is 11.2. The standard InChI is InChI=1S/C13H20N5O14P3/c1-2-3-28-11-7-10(16-13(14)17-11)18(5-15-7)12-9(20)8(19)6(30-12)4-29-34(24,25)32-35(26,27)31-33(21,22)23/h2,5-6,8-9,12,19-20H,1,3-4H2,(H,24,25)(H,26,27)(H2,14,16,17)(H2,21,22,23)/t6-,8-,9-,12-/m1/s1. The van der Waals surface area contributed by atoms with E-state index >= 15 is 0 Å². The topological polar surface area (TPSA) is 288 Å². The maximum atomic E-state index is 11.9. The fourth-order valence-corrected chi connectivity index (χ4v) is 5.93. The Balaban J connectivity index is 1.74. The van der Waals surface area contributed by atoms with Crippen molar-refractivity contribution >= 4 is 40.6 Å². The van der Waals surface area contributed by atoms with Crippen molar-refractivity contribution in [1.82, 2.24) is 19.5 Å². The van der Waals surface area contributed by atoms with Crippen molar-refractivity contribution < 1.29 is 66.1 Å². The maximum absolute atomic E-state index is 11.9. The quantitative estimate of drug-likeness (QED) is 0.127. The molecule has 35 heavy (non-hydrogen) atoms. The zero-order valence-electron chi connectivity index (χ0n) is 17.2. The molecular weight excluding hydrogens is 543 g/mol. The van der Waals surface area contributed by atoms with Crippen LogP contribution in [0.2, 0.25) is 0 Å². The molecule has 0 aromatic carbocycles. The van der Waals surface area contributed by atoms with Crippen molar-refractivity contribution in [3.8, 4) is 5.88 Å². The zero-order valence-corrected chi connectivity index (χ0v) is 19.9. The van der Waals surface area contributed by atoms with Crippen LogP contribution in [0.1, 0.15) is 6.23 Å². The molecule has 0 radical (unpaired) electrons. The lowest BCUT2D eigenvalue weighted by molar-refractivity contribution is -0.0503. The summed E-state index contributed by atoms with van der Waals surface area (Å²) in [6, 6.07) is 0. The smallest absolute Gasteiger partial charge is 0.472 e. The van der Waals surface area contributed by atoms with E-state index in [1.54, 1.807) is 0 Å². The minimum absolute atomic E-state index is 0.00314. The van der Waals surface area contributed by atoms with E-state index in [1.165, 1.54) is 17.0 Å². The van der Waals surface area contributed by atoms with Crippen LogP contribution in [0.5, 0.6) is 5.88 Å². The largest absolute Gasteiger partial charge is 0.490 e. The van der Waals surface area contributed by atoms with Crippen molar-refractivity contribution in [2.24, 2.45) is 0 Å². The molecule has 8 N–H and O–H groups in total. The highest BCUT2D eigenvalue weighted by atomic mass is 31.3. The van der Waals surface area contributed by atoms with Crippen molar-refractivity contribution in [2.75, 3.05) is 18.9 Å². The number of ether oxygens (including phenoxy) is 2. The number of aliphatic hydroxyl groups is 2. The molecule has 1 fully saturated rings. The number of phosphoric acid groups is 3. The minimum Gasteiger partial charge on any atom is -0.472 e. The van der Waals surface area contributed by atoms with Crippen LogP contribution in [0.15, 0.2) is 19.0 Å². The molecule has 1 aliphatic heterocycles. The van der Waals surface area contributed by atoms with Crippen molar-refractivity contribution in [1.29, 1.82) is 0 Å². The first-order valence-corrected chi connectivity index (χ1v) is 13.7. The van der Waals surface area contributed by atoms with Crippen molar-refractivity contribution in [3.63, 3.8) is 0 Å². The van der Waals surface area contributed by atoms with Crippen LogP contribution >= 0.6 is 23.5 Å². The molecule has 1 aliphatic rings. The highest BCUT2D eigenvalue weighted by Crippen LogP contribution is 2.66. The number of hydrogen-bond donors (Lipinski definition) is 7. The van der Waals surface area contributed by atoms with Crippen LogP contribution in [-0.2, 0) is 31.6 Å². The van der Waals surface area contributed by atoms with Crippen LogP contribution in [0, 0.1) is 0 Å². The Kier molecular flexibility index (Phi) is 8.15.